The normalized spacial score (nSPS) is 11.7. The van der Waals surface area contributed by atoms with Gasteiger partial charge in [-0.15, -0.1) is 0 Å². The predicted octanol–water partition coefficient (Wildman–Crippen LogP) is 2.82. The maximum Gasteiger partial charge on any atom is 0.255 e. The predicted molar refractivity (Wildman–Crippen MR) is 89.3 cm³/mol. The lowest BCUT2D eigenvalue weighted by Gasteiger charge is -2.07. The van der Waals surface area contributed by atoms with Crippen LogP contribution in [0.25, 0.3) is 11.8 Å². The SMILES string of the molecule is O=S(=O)(/C=C/c1ccccc1)Nc1ccc(-n2cncn2)c(F)c1. The van der Waals surface area contributed by atoms with Gasteiger partial charge in [-0.1, -0.05) is 30.3 Å². The van der Waals surface area contributed by atoms with Gasteiger partial charge in [0.15, 0.2) is 5.82 Å². The number of sulfonamides is 1. The second kappa shape index (κ2) is 6.63. The summed E-state index contributed by atoms with van der Waals surface area (Å²) < 4.78 is 41.8. The van der Waals surface area contributed by atoms with E-state index in [1.807, 2.05) is 6.07 Å². The van der Waals surface area contributed by atoms with Gasteiger partial charge in [0.1, 0.15) is 18.3 Å². The van der Waals surface area contributed by atoms with E-state index in [9.17, 15) is 12.8 Å². The van der Waals surface area contributed by atoms with Crippen LogP contribution in [0.1, 0.15) is 5.56 Å². The van der Waals surface area contributed by atoms with Crippen LogP contribution in [-0.4, -0.2) is 23.2 Å². The summed E-state index contributed by atoms with van der Waals surface area (Å²) in [5.74, 6) is -0.618. The Morgan fingerprint density at radius 3 is 2.58 bits per heavy atom. The van der Waals surface area contributed by atoms with Crippen molar-refractivity contribution in [2.24, 2.45) is 0 Å². The first-order valence-electron chi connectivity index (χ1n) is 6.94. The van der Waals surface area contributed by atoms with Gasteiger partial charge in [-0.3, -0.25) is 4.72 Å². The smallest absolute Gasteiger partial charge is 0.255 e. The Bertz CT molecular complexity index is 955. The standard InChI is InChI=1S/C16H13FN4O2S/c17-15-10-14(6-7-16(15)21-12-18-11-19-21)20-24(22,23)9-8-13-4-2-1-3-5-13/h1-12,20H/b9-8+. The minimum absolute atomic E-state index is 0.120. The zero-order chi connectivity index (χ0) is 17.0. The summed E-state index contributed by atoms with van der Waals surface area (Å²) in [5.41, 5.74) is 1.04. The van der Waals surface area contributed by atoms with Crippen LogP contribution in [0.2, 0.25) is 0 Å². The van der Waals surface area contributed by atoms with E-state index in [1.54, 1.807) is 24.3 Å². The molecule has 0 saturated heterocycles. The Kier molecular flexibility index (Phi) is 4.39. The number of halogens is 1. The summed E-state index contributed by atoms with van der Waals surface area (Å²) in [6, 6.07) is 13.0. The first-order valence-corrected chi connectivity index (χ1v) is 8.49. The third-order valence-corrected chi connectivity index (χ3v) is 4.13. The monoisotopic (exact) mass is 344 g/mol. The average molecular weight is 344 g/mol. The number of hydrogen-bond acceptors (Lipinski definition) is 4. The number of rotatable bonds is 5. The van der Waals surface area contributed by atoms with Crippen LogP contribution in [0.4, 0.5) is 10.1 Å². The van der Waals surface area contributed by atoms with Crippen LogP contribution < -0.4 is 4.72 Å². The van der Waals surface area contributed by atoms with Gasteiger partial charge in [-0.25, -0.2) is 22.5 Å². The van der Waals surface area contributed by atoms with Crippen LogP contribution in [0, 0.1) is 5.82 Å². The zero-order valence-corrected chi connectivity index (χ0v) is 13.2. The molecule has 0 aliphatic heterocycles. The van der Waals surface area contributed by atoms with Gasteiger partial charge >= 0.3 is 0 Å². The molecule has 1 heterocycles. The topological polar surface area (TPSA) is 76.9 Å². The van der Waals surface area contributed by atoms with Crippen LogP contribution >= 0.6 is 0 Å². The van der Waals surface area contributed by atoms with E-state index < -0.39 is 15.8 Å². The molecule has 0 radical (unpaired) electrons. The molecule has 0 atom stereocenters. The minimum atomic E-state index is -3.75. The molecule has 0 unspecified atom stereocenters. The minimum Gasteiger partial charge on any atom is -0.280 e. The van der Waals surface area contributed by atoms with E-state index in [4.69, 9.17) is 0 Å². The quantitative estimate of drug-likeness (QED) is 0.772. The number of nitrogens with one attached hydrogen (secondary N) is 1. The van der Waals surface area contributed by atoms with E-state index in [2.05, 4.69) is 14.8 Å². The fourth-order valence-electron chi connectivity index (χ4n) is 2.02. The molecule has 1 aromatic heterocycles. The largest absolute Gasteiger partial charge is 0.280 e. The molecule has 0 aliphatic carbocycles. The van der Waals surface area contributed by atoms with Gasteiger partial charge in [0.05, 0.1) is 11.1 Å². The summed E-state index contributed by atoms with van der Waals surface area (Å²) in [4.78, 5) is 3.74. The number of aromatic nitrogens is 3. The second-order valence-electron chi connectivity index (χ2n) is 4.87. The summed E-state index contributed by atoms with van der Waals surface area (Å²) >= 11 is 0. The third kappa shape index (κ3) is 3.85. The van der Waals surface area contributed by atoms with Gasteiger partial charge < -0.3 is 0 Å². The second-order valence-corrected chi connectivity index (χ2v) is 6.43. The van der Waals surface area contributed by atoms with Crippen molar-refractivity contribution in [3.8, 4) is 5.69 Å². The molecule has 3 rings (SSSR count). The molecule has 6 nitrogen and oxygen atoms in total. The highest BCUT2D eigenvalue weighted by Crippen LogP contribution is 2.18. The van der Waals surface area contributed by atoms with E-state index >= 15 is 0 Å². The molecule has 8 heteroatoms. The summed E-state index contributed by atoms with van der Waals surface area (Å²) in [6.07, 6.45) is 4.10. The molecule has 24 heavy (non-hydrogen) atoms. The lowest BCUT2D eigenvalue weighted by Crippen LogP contribution is -2.09. The zero-order valence-electron chi connectivity index (χ0n) is 12.4. The molecule has 0 amide bonds. The Morgan fingerprint density at radius 2 is 1.92 bits per heavy atom. The molecular formula is C16H13FN4O2S. The molecule has 2 aromatic carbocycles. The van der Waals surface area contributed by atoms with Crippen LogP contribution in [-0.2, 0) is 10.0 Å². The number of nitrogens with zero attached hydrogens (tertiary/aromatic N) is 3. The van der Waals surface area contributed by atoms with Crippen LogP contribution in [0.15, 0.2) is 66.6 Å². The van der Waals surface area contributed by atoms with Crippen molar-refractivity contribution in [3.63, 3.8) is 0 Å². The van der Waals surface area contributed by atoms with Crippen LogP contribution in [0.3, 0.4) is 0 Å². The van der Waals surface area contributed by atoms with Crippen LogP contribution in [0.5, 0.6) is 0 Å². The summed E-state index contributed by atoms with van der Waals surface area (Å²) in [5, 5.41) is 4.86. The van der Waals surface area contributed by atoms with Crippen molar-refractivity contribution in [1.29, 1.82) is 0 Å². The fourth-order valence-corrected chi connectivity index (χ4v) is 2.88. The molecular weight excluding hydrogens is 331 g/mol. The molecule has 0 aliphatic rings. The van der Waals surface area contributed by atoms with Gasteiger partial charge in [0.25, 0.3) is 10.0 Å². The Morgan fingerprint density at radius 1 is 1.12 bits per heavy atom. The van der Waals surface area contributed by atoms with Crippen molar-refractivity contribution in [3.05, 3.63) is 78.0 Å². The van der Waals surface area contributed by atoms with Crippen molar-refractivity contribution in [2.45, 2.75) is 0 Å². The lowest BCUT2D eigenvalue weighted by molar-refractivity contribution is 0.608. The Balaban J connectivity index is 1.78. The Hall–Kier alpha value is -3.00. The first kappa shape index (κ1) is 15.9. The van der Waals surface area contributed by atoms with Gasteiger partial charge in [0, 0.05) is 6.07 Å². The highest BCUT2D eigenvalue weighted by molar-refractivity contribution is 7.95. The van der Waals surface area contributed by atoms with Gasteiger partial charge in [-0.05, 0) is 23.8 Å². The third-order valence-electron chi connectivity index (χ3n) is 3.11. The molecule has 0 spiro atoms. The van der Waals surface area contributed by atoms with E-state index in [0.717, 1.165) is 17.0 Å². The fraction of sp³-hybridized carbons (Fsp3) is 0. The number of hydrogen-bond donors (Lipinski definition) is 1. The highest BCUT2D eigenvalue weighted by atomic mass is 32.2. The van der Waals surface area contributed by atoms with E-state index in [1.165, 1.54) is 35.5 Å². The molecule has 122 valence electrons. The number of benzene rings is 2. The van der Waals surface area contributed by atoms with Gasteiger partial charge in [-0.2, -0.15) is 5.10 Å². The highest BCUT2D eigenvalue weighted by Gasteiger charge is 2.10. The summed E-state index contributed by atoms with van der Waals surface area (Å²) in [7, 11) is -3.75. The maximum atomic E-state index is 14.1. The molecule has 3 aromatic rings. The lowest BCUT2D eigenvalue weighted by atomic mass is 10.2. The van der Waals surface area contributed by atoms with Gasteiger partial charge in [0.2, 0.25) is 0 Å². The molecule has 0 saturated carbocycles. The molecule has 0 bridgehead atoms. The maximum absolute atomic E-state index is 14.1. The van der Waals surface area contributed by atoms with E-state index in [-0.39, 0.29) is 11.4 Å². The van der Waals surface area contributed by atoms with E-state index in [0.29, 0.717) is 0 Å². The van der Waals surface area contributed by atoms with Crippen molar-refractivity contribution < 1.29 is 12.8 Å². The average Bonchev–Trinajstić information content (AvgIpc) is 3.08. The Labute approximate surface area is 138 Å². The summed E-state index contributed by atoms with van der Waals surface area (Å²) in [6.45, 7) is 0. The van der Waals surface area contributed by atoms with Crippen molar-refractivity contribution in [2.75, 3.05) is 4.72 Å². The molecule has 1 N–H and O–H groups in total. The first-order chi connectivity index (χ1) is 11.5. The molecule has 0 fully saturated rings. The number of anilines is 1. The van der Waals surface area contributed by atoms with Crippen molar-refractivity contribution in [1.82, 2.24) is 14.8 Å². The van der Waals surface area contributed by atoms with Crippen molar-refractivity contribution >= 4 is 21.8 Å².